The molecule has 1 aromatic carbocycles. The van der Waals surface area contributed by atoms with Crippen LogP contribution in [0.3, 0.4) is 0 Å². The Morgan fingerprint density at radius 1 is 1.29 bits per heavy atom. The standard InChI is InChI=1S/C18H28N2O/c1-13(2)17(14-7-4-3-5-8-14)12-20-18(21)15-9-6-10-16(19)11-15/h3-5,7-8,13,15-17H,6,9-12,19H2,1-2H3,(H,20,21). The molecule has 1 aliphatic carbocycles. The molecule has 3 unspecified atom stereocenters. The Morgan fingerprint density at radius 3 is 2.62 bits per heavy atom. The minimum atomic E-state index is 0.109. The predicted octanol–water partition coefficient (Wildman–Crippen LogP) is 3.06. The van der Waals surface area contributed by atoms with Gasteiger partial charge in [0.25, 0.3) is 0 Å². The summed E-state index contributed by atoms with van der Waals surface area (Å²) >= 11 is 0. The van der Waals surface area contributed by atoms with Crippen molar-refractivity contribution >= 4 is 5.91 Å². The zero-order valence-corrected chi connectivity index (χ0v) is 13.2. The Balaban J connectivity index is 1.91. The summed E-state index contributed by atoms with van der Waals surface area (Å²) in [6.45, 7) is 5.13. The SMILES string of the molecule is CC(C)C(CNC(=O)C1CCCC(N)C1)c1ccccc1. The molecule has 1 saturated carbocycles. The van der Waals surface area contributed by atoms with Gasteiger partial charge in [0.1, 0.15) is 0 Å². The average Bonchev–Trinajstić information content (AvgIpc) is 2.48. The fraction of sp³-hybridized carbons (Fsp3) is 0.611. The number of amides is 1. The third-order valence-electron chi connectivity index (χ3n) is 4.61. The quantitative estimate of drug-likeness (QED) is 0.875. The molecule has 116 valence electrons. The smallest absolute Gasteiger partial charge is 0.223 e. The second-order valence-corrected chi connectivity index (χ2v) is 6.63. The molecule has 3 heteroatoms. The molecule has 3 nitrogen and oxygen atoms in total. The van der Waals surface area contributed by atoms with Crippen molar-refractivity contribution in [2.75, 3.05) is 6.54 Å². The lowest BCUT2D eigenvalue weighted by atomic mass is 9.85. The second-order valence-electron chi connectivity index (χ2n) is 6.63. The third-order valence-corrected chi connectivity index (χ3v) is 4.61. The number of carbonyl (C=O) groups is 1. The molecule has 0 radical (unpaired) electrons. The summed E-state index contributed by atoms with van der Waals surface area (Å²) in [7, 11) is 0. The Hall–Kier alpha value is -1.35. The number of benzene rings is 1. The molecule has 0 aromatic heterocycles. The van der Waals surface area contributed by atoms with Gasteiger partial charge in [-0.1, -0.05) is 50.6 Å². The van der Waals surface area contributed by atoms with Crippen molar-refractivity contribution in [3.05, 3.63) is 35.9 Å². The maximum absolute atomic E-state index is 12.3. The maximum Gasteiger partial charge on any atom is 0.223 e. The summed E-state index contributed by atoms with van der Waals surface area (Å²) in [6, 6.07) is 10.6. The van der Waals surface area contributed by atoms with Crippen molar-refractivity contribution in [2.45, 2.75) is 51.5 Å². The molecular formula is C18H28N2O. The molecule has 1 amide bonds. The van der Waals surface area contributed by atoms with Gasteiger partial charge < -0.3 is 11.1 Å². The van der Waals surface area contributed by atoms with E-state index in [9.17, 15) is 4.79 Å². The largest absolute Gasteiger partial charge is 0.355 e. The first kappa shape index (κ1) is 16.0. The molecule has 2 rings (SSSR count). The first-order chi connectivity index (χ1) is 10.1. The van der Waals surface area contributed by atoms with Crippen molar-refractivity contribution in [3.8, 4) is 0 Å². The van der Waals surface area contributed by atoms with Gasteiger partial charge >= 0.3 is 0 Å². The van der Waals surface area contributed by atoms with E-state index >= 15 is 0 Å². The van der Waals surface area contributed by atoms with Gasteiger partial charge in [-0.2, -0.15) is 0 Å². The highest BCUT2D eigenvalue weighted by atomic mass is 16.1. The zero-order valence-electron chi connectivity index (χ0n) is 13.2. The molecule has 0 saturated heterocycles. The second kappa shape index (κ2) is 7.60. The van der Waals surface area contributed by atoms with E-state index in [0.717, 1.165) is 25.7 Å². The van der Waals surface area contributed by atoms with Gasteiger partial charge in [0, 0.05) is 24.4 Å². The van der Waals surface area contributed by atoms with E-state index in [2.05, 4.69) is 43.4 Å². The molecule has 3 N–H and O–H groups in total. The first-order valence-corrected chi connectivity index (χ1v) is 8.16. The molecule has 3 atom stereocenters. The third kappa shape index (κ3) is 4.57. The van der Waals surface area contributed by atoms with Crippen molar-refractivity contribution < 1.29 is 4.79 Å². The lowest BCUT2D eigenvalue weighted by Crippen LogP contribution is -2.39. The van der Waals surface area contributed by atoms with Crippen LogP contribution >= 0.6 is 0 Å². The van der Waals surface area contributed by atoms with E-state index in [1.807, 2.05) is 6.07 Å². The summed E-state index contributed by atoms with van der Waals surface area (Å²) < 4.78 is 0. The highest BCUT2D eigenvalue weighted by Gasteiger charge is 2.26. The summed E-state index contributed by atoms with van der Waals surface area (Å²) in [5.41, 5.74) is 7.28. The van der Waals surface area contributed by atoms with Crippen LogP contribution in [0.2, 0.25) is 0 Å². The molecule has 1 aromatic rings. The van der Waals surface area contributed by atoms with Crippen LogP contribution in [0, 0.1) is 11.8 Å². The van der Waals surface area contributed by atoms with Crippen LogP contribution in [0.25, 0.3) is 0 Å². The Kier molecular flexibility index (Phi) is 5.80. The van der Waals surface area contributed by atoms with Gasteiger partial charge in [-0.05, 0) is 30.7 Å². The molecule has 0 heterocycles. The minimum absolute atomic E-state index is 0.109. The number of hydrogen-bond donors (Lipinski definition) is 2. The summed E-state index contributed by atoms with van der Waals surface area (Å²) in [5.74, 6) is 1.16. The predicted molar refractivity (Wildman–Crippen MR) is 87.0 cm³/mol. The highest BCUT2D eigenvalue weighted by Crippen LogP contribution is 2.25. The number of nitrogens with one attached hydrogen (secondary N) is 1. The van der Waals surface area contributed by atoms with Crippen LogP contribution in [-0.2, 0) is 4.79 Å². The van der Waals surface area contributed by atoms with E-state index in [1.54, 1.807) is 0 Å². The lowest BCUT2D eigenvalue weighted by molar-refractivity contribution is -0.126. The van der Waals surface area contributed by atoms with E-state index in [1.165, 1.54) is 5.56 Å². The van der Waals surface area contributed by atoms with Crippen molar-refractivity contribution in [1.29, 1.82) is 0 Å². The van der Waals surface area contributed by atoms with Gasteiger partial charge in [0.2, 0.25) is 5.91 Å². The molecule has 1 fully saturated rings. The van der Waals surface area contributed by atoms with Crippen LogP contribution in [-0.4, -0.2) is 18.5 Å². The van der Waals surface area contributed by atoms with Crippen LogP contribution in [0.5, 0.6) is 0 Å². The summed E-state index contributed by atoms with van der Waals surface area (Å²) in [6.07, 6.45) is 3.95. The minimum Gasteiger partial charge on any atom is -0.355 e. The number of hydrogen-bond acceptors (Lipinski definition) is 2. The fourth-order valence-electron chi connectivity index (χ4n) is 3.26. The maximum atomic E-state index is 12.3. The van der Waals surface area contributed by atoms with E-state index < -0.39 is 0 Å². The molecule has 0 aliphatic heterocycles. The van der Waals surface area contributed by atoms with Gasteiger partial charge in [0.05, 0.1) is 0 Å². The fourth-order valence-corrected chi connectivity index (χ4v) is 3.26. The topological polar surface area (TPSA) is 55.1 Å². The van der Waals surface area contributed by atoms with Gasteiger partial charge in [-0.25, -0.2) is 0 Å². The average molecular weight is 288 g/mol. The number of nitrogens with two attached hydrogens (primary N) is 1. The van der Waals surface area contributed by atoms with E-state index in [0.29, 0.717) is 18.4 Å². The Bertz CT molecular complexity index is 444. The Labute approximate surface area is 128 Å². The normalized spacial score (nSPS) is 23.8. The first-order valence-electron chi connectivity index (χ1n) is 8.16. The van der Waals surface area contributed by atoms with Crippen LogP contribution < -0.4 is 11.1 Å². The zero-order chi connectivity index (χ0) is 15.2. The molecule has 1 aliphatic rings. The molecule has 0 bridgehead atoms. The number of rotatable bonds is 5. The molecular weight excluding hydrogens is 260 g/mol. The van der Waals surface area contributed by atoms with E-state index in [-0.39, 0.29) is 17.9 Å². The van der Waals surface area contributed by atoms with Gasteiger partial charge in [-0.15, -0.1) is 0 Å². The summed E-state index contributed by atoms with van der Waals surface area (Å²) in [5, 5.41) is 3.16. The van der Waals surface area contributed by atoms with Crippen molar-refractivity contribution in [1.82, 2.24) is 5.32 Å². The van der Waals surface area contributed by atoms with Crippen LogP contribution in [0.1, 0.15) is 51.0 Å². The van der Waals surface area contributed by atoms with E-state index in [4.69, 9.17) is 5.73 Å². The number of carbonyl (C=O) groups excluding carboxylic acids is 1. The van der Waals surface area contributed by atoms with Crippen LogP contribution in [0.4, 0.5) is 0 Å². The van der Waals surface area contributed by atoms with Crippen LogP contribution in [0.15, 0.2) is 30.3 Å². The van der Waals surface area contributed by atoms with Gasteiger partial charge in [-0.3, -0.25) is 4.79 Å². The van der Waals surface area contributed by atoms with Gasteiger partial charge in [0.15, 0.2) is 0 Å². The lowest BCUT2D eigenvalue weighted by Gasteiger charge is -2.27. The molecule has 0 spiro atoms. The monoisotopic (exact) mass is 288 g/mol. The summed E-state index contributed by atoms with van der Waals surface area (Å²) in [4.78, 5) is 12.3. The highest BCUT2D eigenvalue weighted by molar-refractivity contribution is 5.78. The Morgan fingerprint density at radius 2 is 2.00 bits per heavy atom. The van der Waals surface area contributed by atoms with Crippen molar-refractivity contribution in [2.24, 2.45) is 17.6 Å². The molecule has 21 heavy (non-hydrogen) atoms. The van der Waals surface area contributed by atoms with Crippen molar-refractivity contribution in [3.63, 3.8) is 0 Å².